The lowest BCUT2D eigenvalue weighted by atomic mass is 10.3. The van der Waals surface area contributed by atoms with Gasteiger partial charge in [0.05, 0.1) is 6.61 Å². The van der Waals surface area contributed by atoms with Crippen molar-refractivity contribution in [2.75, 3.05) is 17.2 Å². The molecule has 0 fully saturated rings. The Bertz CT molecular complexity index is 834. The van der Waals surface area contributed by atoms with Gasteiger partial charge in [-0.3, -0.25) is 0 Å². The highest BCUT2D eigenvalue weighted by molar-refractivity contribution is 7.80. The average Bonchev–Trinajstić information content (AvgIpc) is 2.66. The van der Waals surface area contributed by atoms with E-state index in [9.17, 15) is 0 Å². The van der Waals surface area contributed by atoms with Crippen molar-refractivity contribution in [2.45, 2.75) is 6.92 Å². The first kappa shape index (κ1) is 17.8. The van der Waals surface area contributed by atoms with Gasteiger partial charge in [0.15, 0.2) is 5.11 Å². The molecule has 3 aromatic carbocycles. The highest BCUT2D eigenvalue weighted by atomic mass is 32.1. The summed E-state index contributed by atoms with van der Waals surface area (Å²) in [6.45, 7) is 2.61. The van der Waals surface area contributed by atoms with Gasteiger partial charge in [-0.15, -0.1) is 0 Å². The molecule has 2 N–H and O–H groups in total. The predicted molar refractivity (Wildman–Crippen MR) is 110 cm³/mol. The molecule has 3 aromatic rings. The molecular formula is C21H20N2O2S. The summed E-state index contributed by atoms with van der Waals surface area (Å²) in [6.07, 6.45) is 0. The van der Waals surface area contributed by atoms with Gasteiger partial charge >= 0.3 is 0 Å². The van der Waals surface area contributed by atoms with E-state index >= 15 is 0 Å². The third kappa shape index (κ3) is 5.22. The van der Waals surface area contributed by atoms with Gasteiger partial charge in [-0.25, -0.2) is 0 Å². The zero-order valence-corrected chi connectivity index (χ0v) is 15.3. The summed E-state index contributed by atoms with van der Waals surface area (Å²) < 4.78 is 11.2. The summed E-state index contributed by atoms with van der Waals surface area (Å²) in [6, 6.07) is 25.0. The quantitative estimate of drug-likeness (QED) is 0.550. The minimum Gasteiger partial charge on any atom is -0.494 e. The molecule has 0 aliphatic carbocycles. The molecule has 0 aliphatic rings. The number of ether oxygens (including phenoxy) is 2. The summed E-state index contributed by atoms with van der Waals surface area (Å²) in [5, 5.41) is 6.82. The van der Waals surface area contributed by atoms with Crippen LogP contribution in [-0.4, -0.2) is 11.7 Å². The maximum atomic E-state index is 5.78. The van der Waals surface area contributed by atoms with Crippen LogP contribution in [0.4, 0.5) is 11.4 Å². The largest absolute Gasteiger partial charge is 0.494 e. The van der Waals surface area contributed by atoms with Crippen molar-refractivity contribution in [3.63, 3.8) is 0 Å². The van der Waals surface area contributed by atoms with Crippen LogP contribution in [0.2, 0.25) is 0 Å². The molecular weight excluding hydrogens is 344 g/mol. The molecule has 3 rings (SSSR count). The summed E-state index contributed by atoms with van der Waals surface area (Å²) >= 11 is 5.36. The zero-order chi connectivity index (χ0) is 18.2. The molecule has 26 heavy (non-hydrogen) atoms. The van der Waals surface area contributed by atoms with Gasteiger partial charge in [0.1, 0.15) is 17.2 Å². The minimum atomic E-state index is 0.519. The van der Waals surface area contributed by atoms with E-state index in [2.05, 4.69) is 10.6 Å². The van der Waals surface area contributed by atoms with E-state index in [0.717, 1.165) is 28.6 Å². The van der Waals surface area contributed by atoms with E-state index in [4.69, 9.17) is 21.7 Å². The van der Waals surface area contributed by atoms with E-state index < -0.39 is 0 Å². The smallest absolute Gasteiger partial charge is 0.175 e. The maximum Gasteiger partial charge on any atom is 0.175 e. The van der Waals surface area contributed by atoms with Crippen LogP contribution in [0.25, 0.3) is 0 Å². The Hall–Kier alpha value is -3.05. The van der Waals surface area contributed by atoms with Crippen LogP contribution in [0.5, 0.6) is 17.2 Å². The third-order valence-electron chi connectivity index (χ3n) is 3.51. The summed E-state index contributed by atoms with van der Waals surface area (Å²) in [5.41, 5.74) is 1.78. The third-order valence-corrected chi connectivity index (χ3v) is 3.72. The Kier molecular flexibility index (Phi) is 6.06. The van der Waals surface area contributed by atoms with Gasteiger partial charge in [0.25, 0.3) is 0 Å². The number of rotatable bonds is 6. The second-order valence-corrected chi connectivity index (χ2v) is 5.88. The zero-order valence-electron chi connectivity index (χ0n) is 14.4. The number of nitrogens with one attached hydrogen (secondary N) is 2. The molecule has 0 saturated heterocycles. The number of hydrogen-bond donors (Lipinski definition) is 2. The van der Waals surface area contributed by atoms with Crippen LogP contribution in [0.1, 0.15) is 6.92 Å². The molecule has 0 heterocycles. The molecule has 0 radical (unpaired) electrons. The Morgan fingerprint density at radius 2 is 1.23 bits per heavy atom. The maximum absolute atomic E-state index is 5.78. The fourth-order valence-corrected chi connectivity index (χ4v) is 2.56. The number of benzene rings is 3. The van der Waals surface area contributed by atoms with Crippen LogP contribution >= 0.6 is 12.2 Å². The molecule has 0 saturated carbocycles. The van der Waals surface area contributed by atoms with Gasteiger partial charge in [-0.2, -0.15) is 0 Å². The fraction of sp³-hybridized carbons (Fsp3) is 0.0952. The molecule has 0 aromatic heterocycles. The molecule has 0 unspecified atom stereocenters. The molecule has 0 spiro atoms. The summed E-state index contributed by atoms with van der Waals surface area (Å²) in [5.74, 6) is 2.42. The number of anilines is 2. The Morgan fingerprint density at radius 1 is 0.731 bits per heavy atom. The molecule has 4 nitrogen and oxygen atoms in total. The van der Waals surface area contributed by atoms with Gasteiger partial charge in [0.2, 0.25) is 0 Å². The minimum absolute atomic E-state index is 0.519. The van der Waals surface area contributed by atoms with Crippen LogP contribution in [0.15, 0.2) is 78.9 Å². The summed E-state index contributed by atoms with van der Waals surface area (Å²) in [4.78, 5) is 0. The first-order chi connectivity index (χ1) is 12.7. The monoisotopic (exact) mass is 364 g/mol. The second kappa shape index (κ2) is 8.87. The van der Waals surface area contributed by atoms with Crippen LogP contribution in [0.3, 0.4) is 0 Å². The van der Waals surface area contributed by atoms with Crippen molar-refractivity contribution >= 4 is 28.7 Å². The number of hydrogen-bond acceptors (Lipinski definition) is 3. The molecule has 0 bridgehead atoms. The van der Waals surface area contributed by atoms with E-state index in [0.29, 0.717) is 11.7 Å². The van der Waals surface area contributed by atoms with Gasteiger partial charge in [0, 0.05) is 11.4 Å². The van der Waals surface area contributed by atoms with Crippen LogP contribution in [0, 0.1) is 0 Å². The second-order valence-electron chi connectivity index (χ2n) is 5.48. The highest BCUT2D eigenvalue weighted by Crippen LogP contribution is 2.23. The van der Waals surface area contributed by atoms with Crippen molar-refractivity contribution < 1.29 is 9.47 Å². The first-order valence-electron chi connectivity index (χ1n) is 8.37. The van der Waals surface area contributed by atoms with Crippen molar-refractivity contribution in [2.24, 2.45) is 0 Å². The van der Waals surface area contributed by atoms with E-state index in [-0.39, 0.29) is 0 Å². The standard InChI is InChI=1S/C21H20N2O2S/c1-2-24-18-12-8-16(9-13-18)22-21(26)23-17-10-14-20(15-11-17)25-19-6-4-3-5-7-19/h3-15H,2H2,1H3,(H2,22,23,26). The van der Waals surface area contributed by atoms with Crippen molar-refractivity contribution in [1.29, 1.82) is 0 Å². The molecule has 5 heteroatoms. The van der Waals surface area contributed by atoms with Crippen LogP contribution < -0.4 is 20.1 Å². The highest BCUT2D eigenvalue weighted by Gasteiger charge is 2.01. The molecule has 132 valence electrons. The number of para-hydroxylation sites is 1. The normalized spacial score (nSPS) is 10.0. The fourth-order valence-electron chi connectivity index (χ4n) is 2.33. The topological polar surface area (TPSA) is 42.5 Å². The lowest BCUT2D eigenvalue weighted by Crippen LogP contribution is -2.18. The van der Waals surface area contributed by atoms with Gasteiger partial charge in [-0.05, 0) is 79.8 Å². The lowest BCUT2D eigenvalue weighted by molar-refractivity contribution is 0.340. The Morgan fingerprint density at radius 3 is 1.77 bits per heavy atom. The SMILES string of the molecule is CCOc1ccc(NC(=S)Nc2ccc(Oc3ccccc3)cc2)cc1. The van der Waals surface area contributed by atoms with Crippen molar-refractivity contribution in [3.8, 4) is 17.2 Å². The van der Waals surface area contributed by atoms with E-state index in [1.807, 2.05) is 85.8 Å². The summed E-state index contributed by atoms with van der Waals surface area (Å²) in [7, 11) is 0. The van der Waals surface area contributed by atoms with E-state index in [1.165, 1.54) is 0 Å². The van der Waals surface area contributed by atoms with E-state index in [1.54, 1.807) is 0 Å². The lowest BCUT2D eigenvalue weighted by Gasteiger charge is -2.12. The van der Waals surface area contributed by atoms with Crippen molar-refractivity contribution in [3.05, 3.63) is 78.9 Å². The molecule has 0 amide bonds. The number of thiocarbonyl (C=S) groups is 1. The first-order valence-corrected chi connectivity index (χ1v) is 8.77. The van der Waals surface area contributed by atoms with Gasteiger partial charge < -0.3 is 20.1 Å². The predicted octanol–water partition coefficient (Wildman–Crippen LogP) is 5.69. The Labute approximate surface area is 158 Å². The Balaban J connectivity index is 1.54. The van der Waals surface area contributed by atoms with Crippen molar-refractivity contribution in [1.82, 2.24) is 0 Å². The molecule has 0 atom stereocenters. The molecule has 0 aliphatic heterocycles. The van der Waals surface area contributed by atoms with Crippen LogP contribution in [-0.2, 0) is 0 Å². The van der Waals surface area contributed by atoms with Gasteiger partial charge in [-0.1, -0.05) is 18.2 Å². The average molecular weight is 364 g/mol.